The number of fused-ring (bicyclic) bond motifs is 1. The van der Waals surface area contributed by atoms with Crippen LogP contribution < -0.4 is 15.4 Å². The molecule has 0 saturated heterocycles. The molecule has 0 saturated carbocycles. The number of amides is 1. The lowest BCUT2D eigenvalue weighted by Crippen LogP contribution is -2.26. The number of nitrogens with one attached hydrogen (secondary N) is 2. The Balaban J connectivity index is 1.20. The van der Waals surface area contributed by atoms with Crippen molar-refractivity contribution in [2.24, 2.45) is 5.14 Å². The van der Waals surface area contributed by atoms with Gasteiger partial charge in [-0.2, -0.15) is 0 Å². The van der Waals surface area contributed by atoms with Crippen molar-refractivity contribution in [1.82, 2.24) is 4.98 Å². The third-order valence-corrected chi connectivity index (χ3v) is 7.77. The summed E-state index contributed by atoms with van der Waals surface area (Å²) >= 11 is 1.39. The fourth-order valence-corrected chi connectivity index (χ4v) is 5.54. The van der Waals surface area contributed by atoms with E-state index in [-0.39, 0.29) is 34.3 Å². The minimum absolute atomic E-state index is 0.0307. The number of carbonyl (C=O) groups is 2. The van der Waals surface area contributed by atoms with Crippen LogP contribution in [0.2, 0.25) is 0 Å². The van der Waals surface area contributed by atoms with Crippen LogP contribution in [0.1, 0.15) is 15.4 Å². The molecule has 0 bridgehead atoms. The maximum Gasteiger partial charge on any atom is 0.338 e. The quantitative estimate of drug-likeness (QED) is 0.247. The van der Waals surface area contributed by atoms with Crippen LogP contribution in [0.15, 0.2) is 83.5 Å². The summed E-state index contributed by atoms with van der Waals surface area (Å²) < 4.78 is 28.9. The normalized spacial score (nSPS) is 13.7. The molecule has 0 radical (unpaired) electrons. The molecule has 198 valence electrons. The van der Waals surface area contributed by atoms with Gasteiger partial charge in [0.2, 0.25) is 10.0 Å². The first kappa shape index (κ1) is 26.0. The summed E-state index contributed by atoms with van der Waals surface area (Å²) in [5.41, 5.74) is 2.09. The van der Waals surface area contributed by atoms with Crippen LogP contribution >= 0.6 is 11.3 Å². The molecule has 3 aromatic carbocycles. The summed E-state index contributed by atoms with van der Waals surface area (Å²) in [6.45, 7) is -0.513. The van der Waals surface area contributed by atoms with Gasteiger partial charge in [-0.05, 0) is 54.6 Å². The average molecular weight is 564 g/mol. The summed E-state index contributed by atoms with van der Waals surface area (Å²) in [5, 5.41) is 27.3. The van der Waals surface area contributed by atoms with Crippen molar-refractivity contribution in [3.05, 3.63) is 89.1 Å². The molecule has 0 fully saturated rings. The summed E-state index contributed by atoms with van der Waals surface area (Å²) in [5.74, 6) is -1.29. The van der Waals surface area contributed by atoms with Crippen molar-refractivity contribution in [1.29, 1.82) is 5.41 Å². The molecule has 13 heteroatoms. The van der Waals surface area contributed by atoms with Crippen LogP contribution in [-0.4, -0.2) is 49.4 Å². The molecule has 5 N–H and O–H groups in total. The molecule has 39 heavy (non-hydrogen) atoms. The lowest BCUT2D eigenvalue weighted by atomic mass is 10.2. The van der Waals surface area contributed by atoms with Gasteiger partial charge >= 0.3 is 5.97 Å². The number of nitrogens with two attached hydrogens (primary N) is 1. The number of amidine groups is 1. The van der Waals surface area contributed by atoms with Crippen LogP contribution in [-0.2, 0) is 19.6 Å². The Morgan fingerprint density at radius 1 is 1.10 bits per heavy atom. The first-order chi connectivity index (χ1) is 18.6. The van der Waals surface area contributed by atoms with Crippen molar-refractivity contribution in [2.45, 2.75) is 4.90 Å². The van der Waals surface area contributed by atoms with Gasteiger partial charge in [0.1, 0.15) is 16.6 Å². The molecular formula is C26H21N5O6S2. The highest BCUT2D eigenvalue weighted by molar-refractivity contribution is 7.89. The van der Waals surface area contributed by atoms with Gasteiger partial charge in [-0.1, -0.05) is 18.2 Å². The van der Waals surface area contributed by atoms with Gasteiger partial charge in [0.05, 0.1) is 32.8 Å². The van der Waals surface area contributed by atoms with Gasteiger partial charge in [-0.3, -0.25) is 10.2 Å². The minimum atomic E-state index is -3.93. The van der Waals surface area contributed by atoms with Crippen molar-refractivity contribution in [2.75, 3.05) is 23.4 Å². The van der Waals surface area contributed by atoms with Gasteiger partial charge in [0.15, 0.2) is 6.61 Å². The molecule has 0 unspecified atom stereocenters. The lowest BCUT2D eigenvalue weighted by Gasteiger charge is -2.18. The zero-order chi connectivity index (χ0) is 27.7. The Morgan fingerprint density at radius 2 is 1.85 bits per heavy atom. The largest absolute Gasteiger partial charge is 0.510 e. The molecule has 0 spiro atoms. The third kappa shape index (κ3) is 5.50. The molecular weight excluding hydrogens is 542 g/mol. The maximum absolute atomic E-state index is 12.4. The van der Waals surface area contributed by atoms with Gasteiger partial charge in [-0.25, -0.2) is 23.3 Å². The number of nitrogens with zero attached hydrogens (tertiary/aromatic N) is 2. The molecule has 5 rings (SSSR count). The number of primary sulfonamides is 1. The Bertz CT molecular complexity index is 1730. The van der Waals surface area contributed by atoms with Gasteiger partial charge in [0, 0.05) is 11.4 Å². The number of ether oxygens (including phenoxy) is 1. The number of aliphatic hydroxyl groups is 1. The third-order valence-electron chi connectivity index (χ3n) is 5.81. The maximum atomic E-state index is 12.4. The number of anilines is 2. The highest BCUT2D eigenvalue weighted by Gasteiger charge is 2.31. The van der Waals surface area contributed by atoms with Crippen LogP contribution in [0.3, 0.4) is 0 Å². The van der Waals surface area contributed by atoms with E-state index in [2.05, 4.69) is 10.3 Å². The zero-order valence-corrected chi connectivity index (χ0v) is 21.8. The summed E-state index contributed by atoms with van der Waals surface area (Å²) in [6.07, 6.45) is 0. The predicted molar refractivity (Wildman–Crippen MR) is 147 cm³/mol. The number of sulfonamides is 1. The molecule has 1 aliphatic heterocycles. The zero-order valence-electron chi connectivity index (χ0n) is 20.1. The number of aliphatic hydroxyl groups excluding tert-OH is 1. The minimum Gasteiger partial charge on any atom is -0.510 e. The number of aromatic nitrogens is 1. The Labute approximate surface area is 226 Å². The molecule has 0 aliphatic carbocycles. The van der Waals surface area contributed by atoms with Crippen LogP contribution in [0.4, 0.5) is 11.4 Å². The number of hydrogen-bond acceptors (Lipinski definition) is 9. The molecule has 0 atom stereocenters. The van der Waals surface area contributed by atoms with E-state index in [0.717, 1.165) is 10.2 Å². The van der Waals surface area contributed by atoms with E-state index in [9.17, 15) is 23.1 Å². The highest BCUT2D eigenvalue weighted by Crippen LogP contribution is 2.35. The first-order valence-corrected chi connectivity index (χ1v) is 13.8. The van der Waals surface area contributed by atoms with E-state index >= 15 is 0 Å². The number of thiazole rings is 1. The Hall–Kier alpha value is -4.59. The Morgan fingerprint density at radius 3 is 2.56 bits per heavy atom. The number of rotatable bonds is 7. The van der Waals surface area contributed by atoms with Crippen LogP contribution in [0.25, 0.3) is 15.8 Å². The molecule has 11 nitrogen and oxygen atoms in total. The summed E-state index contributed by atoms with van der Waals surface area (Å²) in [7, 11) is -3.93. The lowest BCUT2D eigenvalue weighted by molar-refractivity contribution is -0.119. The average Bonchev–Trinajstić information content (AvgIpc) is 3.46. The van der Waals surface area contributed by atoms with Crippen molar-refractivity contribution < 1.29 is 27.9 Å². The molecule has 1 aliphatic rings. The second kappa shape index (κ2) is 10.3. The van der Waals surface area contributed by atoms with E-state index < -0.39 is 28.5 Å². The van der Waals surface area contributed by atoms with E-state index in [1.165, 1.54) is 47.7 Å². The SMILES string of the molecule is N=C1C(c2nc3ccccc3s2)=C(O)CN1c1ccc(C(=O)OCC(=O)Nc2cccc(S(N)(=O)=O)c2)cc1. The second-order valence-electron chi connectivity index (χ2n) is 8.49. The van der Waals surface area contributed by atoms with E-state index in [1.807, 2.05) is 24.3 Å². The fourth-order valence-electron chi connectivity index (χ4n) is 3.94. The number of benzene rings is 3. The highest BCUT2D eigenvalue weighted by atomic mass is 32.2. The van der Waals surface area contributed by atoms with E-state index in [1.54, 1.807) is 17.0 Å². The molecule has 2 heterocycles. The predicted octanol–water partition coefficient (Wildman–Crippen LogP) is 3.51. The van der Waals surface area contributed by atoms with Crippen LogP contribution in [0.5, 0.6) is 0 Å². The van der Waals surface area contributed by atoms with Gasteiger partial charge in [0.25, 0.3) is 5.91 Å². The molecule has 4 aromatic rings. The van der Waals surface area contributed by atoms with Crippen molar-refractivity contribution in [3.63, 3.8) is 0 Å². The van der Waals surface area contributed by atoms with Gasteiger partial charge < -0.3 is 20.1 Å². The monoisotopic (exact) mass is 563 g/mol. The van der Waals surface area contributed by atoms with Crippen LogP contribution in [0, 0.1) is 5.41 Å². The number of esters is 1. The summed E-state index contributed by atoms with van der Waals surface area (Å²) in [4.78, 5) is 30.6. The van der Waals surface area contributed by atoms with Crippen molar-refractivity contribution in [3.8, 4) is 0 Å². The number of carbonyl (C=O) groups excluding carboxylic acids is 2. The van der Waals surface area contributed by atoms with Gasteiger partial charge in [-0.15, -0.1) is 11.3 Å². The molecule has 1 amide bonds. The topological polar surface area (TPSA) is 176 Å². The summed E-state index contributed by atoms with van der Waals surface area (Å²) in [6, 6.07) is 19.1. The smallest absolute Gasteiger partial charge is 0.338 e. The van der Waals surface area contributed by atoms with E-state index in [0.29, 0.717) is 16.3 Å². The number of hydrogen-bond donors (Lipinski definition) is 4. The standard InChI is InChI=1S/C26H21N5O6S2/c27-24-23(25-30-19-6-1-2-7-21(19)38-25)20(32)13-31(24)17-10-8-15(9-11-17)26(34)37-14-22(33)29-16-4-3-5-18(12-16)39(28,35)36/h1-12,27,32H,13-14H2,(H,29,33)(H2,28,35,36). The van der Waals surface area contributed by atoms with Crippen molar-refractivity contribution >= 4 is 66.2 Å². The first-order valence-electron chi connectivity index (χ1n) is 11.4. The van der Waals surface area contributed by atoms with E-state index in [4.69, 9.17) is 15.3 Å². The molecule has 1 aromatic heterocycles. The number of para-hydroxylation sites is 1. The second-order valence-corrected chi connectivity index (χ2v) is 11.1. The fraction of sp³-hybridized carbons (Fsp3) is 0.0769. The Kier molecular flexibility index (Phi) is 6.87.